The molecule has 1 aromatic rings. The monoisotopic (exact) mass is 343 g/mol. The lowest BCUT2D eigenvalue weighted by atomic mass is 9.64. The molecule has 5 rings (SSSR count). The molecule has 0 aromatic carbocycles. The minimum atomic E-state index is -0.200. The normalized spacial score (nSPS) is 32.1. The van der Waals surface area contributed by atoms with Crippen molar-refractivity contribution in [3.63, 3.8) is 0 Å². The molecule has 0 spiro atoms. The molecule has 4 aliphatic rings. The predicted molar refractivity (Wildman–Crippen MR) is 93.8 cm³/mol. The van der Waals surface area contributed by atoms with E-state index in [2.05, 4.69) is 25.2 Å². The van der Waals surface area contributed by atoms with Crippen LogP contribution in [0.3, 0.4) is 0 Å². The van der Waals surface area contributed by atoms with E-state index in [1.807, 2.05) is 0 Å². The number of likely N-dealkylation sites (tertiary alicyclic amines) is 2. The number of hydrogen-bond acceptors (Lipinski definition) is 4. The molecule has 2 atom stereocenters. The van der Waals surface area contributed by atoms with Crippen LogP contribution in [0, 0.1) is 11.3 Å². The summed E-state index contributed by atoms with van der Waals surface area (Å²) in [6.45, 7) is 3.22. The number of rotatable bonds is 4. The summed E-state index contributed by atoms with van der Waals surface area (Å²) in [6, 6.07) is 1.60. The van der Waals surface area contributed by atoms with Gasteiger partial charge < -0.3 is 4.90 Å². The lowest BCUT2D eigenvalue weighted by Gasteiger charge is -2.50. The summed E-state index contributed by atoms with van der Waals surface area (Å²) in [6.07, 6.45) is 12.3. The Morgan fingerprint density at radius 2 is 2.08 bits per heavy atom. The number of aromatic amines is 1. The number of fused-ring (bicyclic) bond motifs is 1. The van der Waals surface area contributed by atoms with Crippen LogP contribution >= 0.6 is 0 Å². The van der Waals surface area contributed by atoms with Gasteiger partial charge >= 0.3 is 0 Å². The van der Waals surface area contributed by atoms with Crippen molar-refractivity contribution in [1.29, 1.82) is 0 Å². The van der Waals surface area contributed by atoms with Crippen molar-refractivity contribution in [2.24, 2.45) is 11.3 Å². The lowest BCUT2D eigenvalue weighted by Crippen LogP contribution is -2.59. The highest BCUT2D eigenvalue weighted by Gasteiger charge is 2.49. The molecule has 1 N–H and O–H groups in total. The lowest BCUT2D eigenvalue weighted by molar-refractivity contribution is -0.151. The zero-order chi connectivity index (χ0) is 16.9. The molecular weight excluding hydrogens is 314 g/mol. The maximum absolute atomic E-state index is 13.4. The summed E-state index contributed by atoms with van der Waals surface area (Å²) in [5, 5.41) is 10.8. The maximum Gasteiger partial charge on any atom is 0.229 e. The Morgan fingerprint density at radius 1 is 1.20 bits per heavy atom. The molecule has 4 fully saturated rings. The smallest absolute Gasteiger partial charge is 0.229 e. The summed E-state index contributed by atoms with van der Waals surface area (Å²) < 4.78 is 0. The molecule has 3 heterocycles. The standard InChI is InChI=1S/C19H29N5O/c25-18(19(7-2-8-19)11-15-12-20-22-21-15)23-10-6-17-14(13-23)3-1-9-24(17)16-4-5-16/h12,14,16-17H,1-11,13H2,(H,20,21,22). The molecule has 25 heavy (non-hydrogen) atoms. The Hall–Kier alpha value is -1.43. The third-order valence-corrected chi connectivity index (χ3v) is 7.16. The number of hydrogen-bond donors (Lipinski definition) is 1. The van der Waals surface area contributed by atoms with Crippen molar-refractivity contribution in [3.05, 3.63) is 11.9 Å². The summed E-state index contributed by atoms with van der Waals surface area (Å²) in [5.74, 6) is 1.08. The van der Waals surface area contributed by atoms with E-state index >= 15 is 0 Å². The van der Waals surface area contributed by atoms with Gasteiger partial charge in [-0.05, 0) is 57.4 Å². The average Bonchev–Trinajstić information content (AvgIpc) is 3.33. The SMILES string of the molecule is O=C(N1CCC2C(CCCN2C2CC2)C1)C1(Cc2cn[nH]n2)CCC1. The highest BCUT2D eigenvalue weighted by molar-refractivity contribution is 5.84. The van der Waals surface area contributed by atoms with Gasteiger partial charge in [-0.25, -0.2) is 0 Å². The number of carbonyl (C=O) groups excluding carboxylic acids is 1. The van der Waals surface area contributed by atoms with Gasteiger partial charge in [0.1, 0.15) is 0 Å². The second kappa shape index (κ2) is 6.08. The van der Waals surface area contributed by atoms with E-state index in [1.165, 1.54) is 45.1 Å². The van der Waals surface area contributed by atoms with E-state index in [1.54, 1.807) is 6.20 Å². The molecule has 2 saturated heterocycles. The number of nitrogens with zero attached hydrogens (tertiary/aromatic N) is 4. The Labute approximate surface area is 149 Å². The van der Waals surface area contributed by atoms with Crippen LogP contribution in [0.15, 0.2) is 6.20 Å². The van der Waals surface area contributed by atoms with Crippen molar-refractivity contribution in [3.8, 4) is 0 Å². The van der Waals surface area contributed by atoms with E-state index in [4.69, 9.17) is 0 Å². The van der Waals surface area contributed by atoms with Crippen LogP contribution in [-0.4, -0.2) is 62.8 Å². The van der Waals surface area contributed by atoms with Gasteiger partial charge in [-0.3, -0.25) is 9.69 Å². The molecule has 0 radical (unpaired) electrons. The van der Waals surface area contributed by atoms with Crippen molar-refractivity contribution < 1.29 is 4.79 Å². The fraction of sp³-hybridized carbons (Fsp3) is 0.842. The second-order valence-corrected chi connectivity index (χ2v) is 8.75. The second-order valence-electron chi connectivity index (χ2n) is 8.75. The number of carbonyl (C=O) groups is 1. The molecule has 2 saturated carbocycles. The van der Waals surface area contributed by atoms with E-state index in [0.717, 1.165) is 50.1 Å². The third-order valence-electron chi connectivity index (χ3n) is 7.16. The first-order valence-electron chi connectivity index (χ1n) is 10.1. The largest absolute Gasteiger partial charge is 0.342 e. The zero-order valence-electron chi connectivity index (χ0n) is 15.0. The third kappa shape index (κ3) is 2.78. The van der Waals surface area contributed by atoms with Crippen LogP contribution in [-0.2, 0) is 11.2 Å². The molecule has 2 unspecified atom stereocenters. The van der Waals surface area contributed by atoms with Gasteiger partial charge in [0.15, 0.2) is 0 Å². The quantitative estimate of drug-likeness (QED) is 0.908. The van der Waals surface area contributed by atoms with Gasteiger partial charge in [0.2, 0.25) is 5.91 Å². The van der Waals surface area contributed by atoms with Crippen LogP contribution in [0.25, 0.3) is 0 Å². The number of nitrogens with one attached hydrogen (secondary N) is 1. The van der Waals surface area contributed by atoms with E-state index in [-0.39, 0.29) is 5.41 Å². The van der Waals surface area contributed by atoms with E-state index in [0.29, 0.717) is 11.8 Å². The number of aromatic nitrogens is 3. The van der Waals surface area contributed by atoms with Crippen LogP contribution in [0.5, 0.6) is 0 Å². The highest BCUT2D eigenvalue weighted by Crippen LogP contribution is 2.46. The number of H-pyrrole nitrogens is 1. The summed E-state index contributed by atoms with van der Waals surface area (Å²) in [5.41, 5.74) is 0.731. The molecule has 0 bridgehead atoms. The van der Waals surface area contributed by atoms with Gasteiger partial charge in [0.05, 0.1) is 17.3 Å². The molecule has 136 valence electrons. The van der Waals surface area contributed by atoms with Gasteiger partial charge in [-0.2, -0.15) is 15.4 Å². The minimum Gasteiger partial charge on any atom is -0.342 e. The zero-order valence-corrected chi connectivity index (χ0v) is 15.0. The molecule has 2 aliphatic heterocycles. The molecule has 2 aliphatic carbocycles. The summed E-state index contributed by atoms with van der Waals surface area (Å²) in [7, 11) is 0. The first-order chi connectivity index (χ1) is 12.3. The number of piperidine rings is 2. The van der Waals surface area contributed by atoms with Crippen LogP contribution < -0.4 is 0 Å². The number of amides is 1. The van der Waals surface area contributed by atoms with Gasteiger partial charge in [0, 0.05) is 31.6 Å². The molecule has 6 heteroatoms. The van der Waals surface area contributed by atoms with E-state index < -0.39 is 0 Å². The Kier molecular flexibility index (Phi) is 3.84. The molecular formula is C19H29N5O. The first kappa shape index (κ1) is 15.8. The highest BCUT2D eigenvalue weighted by atomic mass is 16.2. The minimum absolute atomic E-state index is 0.200. The van der Waals surface area contributed by atoms with E-state index in [9.17, 15) is 4.79 Å². The van der Waals surface area contributed by atoms with Crippen LogP contribution in [0.2, 0.25) is 0 Å². The Morgan fingerprint density at radius 3 is 2.76 bits per heavy atom. The fourth-order valence-electron chi connectivity index (χ4n) is 5.55. The Balaban J connectivity index is 1.28. The fourth-order valence-corrected chi connectivity index (χ4v) is 5.55. The van der Waals surface area contributed by atoms with Crippen LogP contribution in [0.4, 0.5) is 0 Å². The van der Waals surface area contributed by atoms with Crippen molar-refractivity contribution >= 4 is 5.91 Å². The van der Waals surface area contributed by atoms with Crippen molar-refractivity contribution in [1.82, 2.24) is 25.2 Å². The summed E-state index contributed by atoms with van der Waals surface area (Å²) >= 11 is 0. The van der Waals surface area contributed by atoms with Gasteiger partial charge in [-0.15, -0.1) is 0 Å². The van der Waals surface area contributed by atoms with Gasteiger partial charge in [-0.1, -0.05) is 6.42 Å². The first-order valence-corrected chi connectivity index (χ1v) is 10.1. The van der Waals surface area contributed by atoms with Crippen molar-refractivity contribution in [2.45, 2.75) is 69.9 Å². The van der Waals surface area contributed by atoms with Gasteiger partial charge in [0.25, 0.3) is 0 Å². The topological polar surface area (TPSA) is 65.1 Å². The molecule has 6 nitrogen and oxygen atoms in total. The average molecular weight is 343 g/mol. The molecule has 1 amide bonds. The maximum atomic E-state index is 13.4. The van der Waals surface area contributed by atoms with Crippen LogP contribution in [0.1, 0.15) is 57.1 Å². The predicted octanol–water partition coefficient (Wildman–Crippen LogP) is 1.99. The van der Waals surface area contributed by atoms with Crippen molar-refractivity contribution in [2.75, 3.05) is 19.6 Å². The Bertz CT molecular complexity index is 622. The molecule has 1 aromatic heterocycles. The summed E-state index contributed by atoms with van der Waals surface area (Å²) in [4.78, 5) is 18.4.